The van der Waals surface area contributed by atoms with E-state index in [0.29, 0.717) is 4.47 Å². The predicted octanol–water partition coefficient (Wildman–Crippen LogP) is 2.49. The zero-order chi connectivity index (χ0) is 14.9. The number of rotatable bonds is 4. The summed E-state index contributed by atoms with van der Waals surface area (Å²) in [5.74, 6) is -0.228. The number of ketones is 1. The number of hydrogen-bond donors (Lipinski definition) is 2. The van der Waals surface area contributed by atoms with Gasteiger partial charge >= 0.3 is 0 Å². The van der Waals surface area contributed by atoms with Crippen LogP contribution in [0.2, 0.25) is 0 Å². The van der Waals surface area contributed by atoms with Crippen molar-refractivity contribution in [2.75, 3.05) is 10.5 Å². The highest BCUT2D eigenvalue weighted by Crippen LogP contribution is 2.26. The molecule has 0 saturated heterocycles. The molecule has 0 fully saturated rings. The van der Waals surface area contributed by atoms with Gasteiger partial charge in [0.25, 0.3) is 10.0 Å². The molecule has 9 heteroatoms. The number of thiazole rings is 1. The van der Waals surface area contributed by atoms with E-state index in [1.165, 1.54) is 24.4 Å². The lowest BCUT2D eigenvalue weighted by Crippen LogP contribution is -2.14. The number of anilines is 2. The highest BCUT2D eigenvalue weighted by atomic mass is 79.9. The van der Waals surface area contributed by atoms with E-state index in [9.17, 15) is 13.2 Å². The van der Waals surface area contributed by atoms with Gasteiger partial charge in [-0.25, -0.2) is 13.4 Å². The molecule has 0 radical (unpaired) electrons. The van der Waals surface area contributed by atoms with E-state index in [1.54, 1.807) is 6.07 Å². The van der Waals surface area contributed by atoms with E-state index in [2.05, 4.69) is 25.6 Å². The largest absolute Gasteiger partial charge is 0.398 e. The van der Waals surface area contributed by atoms with Crippen LogP contribution in [0.3, 0.4) is 0 Å². The van der Waals surface area contributed by atoms with Gasteiger partial charge in [-0.3, -0.25) is 9.52 Å². The van der Waals surface area contributed by atoms with Gasteiger partial charge in [0.1, 0.15) is 10.6 Å². The molecule has 0 aliphatic carbocycles. The Kier molecular flexibility index (Phi) is 4.11. The fourth-order valence-corrected chi connectivity index (χ4v) is 4.07. The van der Waals surface area contributed by atoms with Crippen LogP contribution in [0, 0.1) is 0 Å². The summed E-state index contributed by atoms with van der Waals surface area (Å²) in [6.45, 7) is 1.36. The van der Waals surface area contributed by atoms with E-state index < -0.39 is 10.0 Å². The standard InChI is InChI=1S/C11H10BrN3O3S2/c1-6(16)9-5-19-11(14-9)15-20(17,18)10-4-7(12)2-3-8(10)13/h2-5H,13H2,1H3,(H,14,15). The second-order valence-electron chi connectivity index (χ2n) is 3.88. The fraction of sp³-hybridized carbons (Fsp3) is 0.0909. The maximum Gasteiger partial charge on any atom is 0.265 e. The third kappa shape index (κ3) is 3.17. The Balaban J connectivity index is 2.35. The van der Waals surface area contributed by atoms with E-state index >= 15 is 0 Å². The summed E-state index contributed by atoms with van der Waals surface area (Å²) in [6, 6.07) is 4.53. The van der Waals surface area contributed by atoms with Crippen molar-refractivity contribution in [2.24, 2.45) is 0 Å². The summed E-state index contributed by atoms with van der Waals surface area (Å²) in [5.41, 5.74) is 6.02. The molecular formula is C11H10BrN3O3S2. The number of carbonyl (C=O) groups is 1. The van der Waals surface area contributed by atoms with Gasteiger partial charge in [-0.1, -0.05) is 15.9 Å². The van der Waals surface area contributed by atoms with Gasteiger partial charge in [0, 0.05) is 16.8 Å². The van der Waals surface area contributed by atoms with Gasteiger partial charge < -0.3 is 5.73 Å². The summed E-state index contributed by atoms with van der Waals surface area (Å²) in [5, 5.41) is 1.61. The minimum atomic E-state index is -3.85. The molecule has 0 aliphatic rings. The first-order valence-corrected chi connectivity index (χ1v) is 8.49. The van der Waals surface area contributed by atoms with E-state index in [0.717, 1.165) is 11.3 Å². The van der Waals surface area contributed by atoms with Crippen molar-refractivity contribution in [1.82, 2.24) is 4.98 Å². The molecule has 2 rings (SSSR count). The highest BCUT2D eigenvalue weighted by Gasteiger charge is 2.20. The molecule has 0 spiro atoms. The minimum Gasteiger partial charge on any atom is -0.398 e. The number of sulfonamides is 1. The number of nitrogens with zero attached hydrogens (tertiary/aromatic N) is 1. The first-order chi connectivity index (χ1) is 9.29. The van der Waals surface area contributed by atoms with E-state index in [-0.39, 0.29) is 27.2 Å². The third-order valence-corrected chi connectivity index (χ3v) is 5.13. The van der Waals surface area contributed by atoms with Crippen LogP contribution in [0.25, 0.3) is 0 Å². The SMILES string of the molecule is CC(=O)c1csc(NS(=O)(=O)c2cc(Br)ccc2N)n1. The third-order valence-electron chi connectivity index (χ3n) is 2.35. The lowest BCUT2D eigenvalue weighted by Gasteiger charge is -2.08. The smallest absolute Gasteiger partial charge is 0.265 e. The molecule has 0 unspecified atom stereocenters. The Morgan fingerprint density at radius 1 is 1.45 bits per heavy atom. The number of halogens is 1. The second kappa shape index (κ2) is 5.51. The average Bonchev–Trinajstić information content (AvgIpc) is 2.80. The van der Waals surface area contributed by atoms with Crippen LogP contribution in [0.4, 0.5) is 10.8 Å². The second-order valence-corrected chi connectivity index (χ2v) is 7.31. The van der Waals surface area contributed by atoms with Crippen LogP contribution in [-0.2, 0) is 10.0 Å². The monoisotopic (exact) mass is 375 g/mol. The van der Waals surface area contributed by atoms with Crippen LogP contribution in [-0.4, -0.2) is 19.2 Å². The van der Waals surface area contributed by atoms with Crippen molar-refractivity contribution in [3.05, 3.63) is 33.7 Å². The molecule has 6 nitrogen and oxygen atoms in total. The van der Waals surface area contributed by atoms with Crippen molar-refractivity contribution in [2.45, 2.75) is 11.8 Å². The van der Waals surface area contributed by atoms with Crippen molar-refractivity contribution in [3.8, 4) is 0 Å². The van der Waals surface area contributed by atoms with E-state index in [4.69, 9.17) is 5.73 Å². The summed E-state index contributed by atoms with van der Waals surface area (Å²) >= 11 is 4.23. The molecule has 1 aromatic carbocycles. The van der Waals surface area contributed by atoms with Crippen molar-refractivity contribution < 1.29 is 13.2 Å². The van der Waals surface area contributed by atoms with Crippen molar-refractivity contribution in [3.63, 3.8) is 0 Å². The molecule has 1 aromatic heterocycles. The summed E-state index contributed by atoms with van der Waals surface area (Å²) < 4.78 is 27.3. The number of Topliss-reactive ketones (excluding diaryl/α,β-unsaturated/α-hetero) is 1. The Morgan fingerprint density at radius 2 is 2.15 bits per heavy atom. The zero-order valence-electron chi connectivity index (χ0n) is 10.3. The number of nitrogens with one attached hydrogen (secondary N) is 1. The average molecular weight is 376 g/mol. The topological polar surface area (TPSA) is 102 Å². The van der Waals surface area contributed by atoms with Crippen molar-refractivity contribution >= 4 is 53.9 Å². The Bertz CT molecular complexity index is 771. The van der Waals surface area contributed by atoms with Crippen molar-refractivity contribution in [1.29, 1.82) is 0 Å². The normalized spacial score (nSPS) is 11.3. The molecular weight excluding hydrogens is 366 g/mol. The van der Waals surface area contributed by atoms with Crippen LogP contribution in [0.1, 0.15) is 17.4 Å². The Hall–Kier alpha value is -1.45. The van der Waals surface area contributed by atoms with Crippen LogP contribution in [0.15, 0.2) is 32.9 Å². The van der Waals surface area contributed by atoms with Gasteiger partial charge in [0.2, 0.25) is 0 Å². The van der Waals surface area contributed by atoms with Gasteiger partial charge in [0.05, 0.1) is 5.69 Å². The number of aromatic nitrogens is 1. The van der Waals surface area contributed by atoms with Crippen LogP contribution in [0.5, 0.6) is 0 Å². The Labute approximate surface area is 128 Å². The zero-order valence-corrected chi connectivity index (χ0v) is 13.5. The molecule has 0 amide bonds. The molecule has 3 N–H and O–H groups in total. The molecule has 106 valence electrons. The van der Waals surface area contributed by atoms with Gasteiger partial charge in [-0.05, 0) is 18.2 Å². The van der Waals surface area contributed by atoms with E-state index in [1.807, 2.05) is 0 Å². The summed E-state index contributed by atoms with van der Waals surface area (Å²) in [6.07, 6.45) is 0. The predicted molar refractivity (Wildman–Crippen MR) is 81.5 cm³/mol. The summed E-state index contributed by atoms with van der Waals surface area (Å²) in [7, 11) is -3.85. The maximum absolute atomic E-state index is 12.2. The first-order valence-electron chi connectivity index (χ1n) is 5.34. The van der Waals surface area contributed by atoms with Gasteiger partial charge in [-0.15, -0.1) is 11.3 Å². The number of nitrogens with two attached hydrogens (primary N) is 1. The molecule has 1 heterocycles. The number of nitrogen functional groups attached to an aromatic ring is 1. The highest BCUT2D eigenvalue weighted by molar-refractivity contribution is 9.10. The summed E-state index contributed by atoms with van der Waals surface area (Å²) in [4.78, 5) is 15.0. The van der Waals surface area contributed by atoms with Gasteiger partial charge in [-0.2, -0.15) is 0 Å². The maximum atomic E-state index is 12.2. The Morgan fingerprint density at radius 3 is 2.75 bits per heavy atom. The molecule has 0 aliphatic heterocycles. The fourth-order valence-electron chi connectivity index (χ4n) is 1.39. The molecule has 20 heavy (non-hydrogen) atoms. The number of carbonyl (C=O) groups excluding carboxylic acids is 1. The molecule has 0 saturated carbocycles. The number of benzene rings is 1. The molecule has 0 bridgehead atoms. The number of hydrogen-bond acceptors (Lipinski definition) is 6. The van der Waals surface area contributed by atoms with Gasteiger partial charge in [0.15, 0.2) is 10.9 Å². The lowest BCUT2D eigenvalue weighted by molar-refractivity contribution is 0.101. The van der Waals surface area contributed by atoms with Crippen LogP contribution < -0.4 is 10.5 Å². The minimum absolute atomic E-state index is 0.0496. The molecule has 0 atom stereocenters. The quantitative estimate of drug-likeness (QED) is 0.631. The van der Waals surface area contributed by atoms with Crippen LogP contribution >= 0.6 is 27.3 Å². The first kappa shape index (κ1) is 14.9. The molecule has 2 aromatic rings. The lowest BCUT2D eigenvalue weighted by atomic mass is 10.3.